The zero-order valence-electron chi connectivity index (χ0n) is 28.4. The van der Waals surface area contributed by atoms with Gasteiger partial charge in [-0.2, -0.15) is 0 Å². The summed E-state index contributed by atoms with van der Waals surface area (Å²) in [7, 11) is 0. The fourth-order valence-electron chi connectivity index (χ4n) is 5.78. The third-order valence-corrected chi connectivity index (χ3v) is 8.61. The third kappa shape index (κ3) is 5.94. The first-order valence-corrected chi connectivity index (χ1v) is 15.9. The van der Waals surface area contributed by atoms with E-state index in [1.54, 1.807) is 12.4 Å². The minimum Gasteiger partial charge on any atom is -0.507 e. The molecule has 0 radical (unpaired) electrons. The fraction of sp³-hybridized carbons (Fsp3) is 0.293. The molecule has 0 aliphatic rings. The Morgan fingerprint density at radius 1 is 0.739 bits per heavy atom. The molecule has 0 saturated heterocycles. The molecule has 2 aromatic heterocycles. The Morgan fingerprint density at radius 3 is 2.13 bits per heavy atom. The summed E-state index contributed by atoms with van der Waals surface area (Å²) in [5.74, 6) is 0.746. The predicted molar refractivity (Wildman–Crippen MR) is 192 cm³/mol. The van der Waals surface area contributed by atoms with Gasteiger partial charge in [0, 0.05) is 46.2 Å². The number of phenols is 1. The number of aromatic hydroxyl groups is 1. The highest BCUT2D eigenvalue weighted by Gasteiger charge is 2.25. The molecule has 0 unspecified atom stereocenters. The molecule has 0 amide bonds. The van der Waals surface area contributed by atoms with Gasteiger partial charge in [-0.3, -0.25) is 9.98 Å². The summed E-state index contributed by atoms with van der Waals surface area (Å²) < 4.78 is 6.59. The molecule has 5 heteroatoms. The van der Waals surface area contributed by atoms with Gasteiger partial charge in [-0.25, -0.2) is 4.98 Å². The Labute approximate surface area is 272 Å². The van der Waals surface area contributed by atoms with E-state index in [0.29, 0.717) is 11.5 Å². The van der Waals surface area contributed by atoms with Gasteiger partial charge in [0.15, 0.2) is 5.58 Å². The minimum absolute atomic E-state index is 0.0913. The lowest BCUT2D eigenvalue weighted by atomic mass is 9.79. The number of oxazole rings is 1. The quantitative estimate of drug-likeness (QED) is 0.202. The number of nitrogens with zero attached hydrogens (tertiary/aromatic N) is 3. The van der Waals surface area contributed by atoms with E-state index in [1.165, 1.54) is 0 Å². The molecule has 0 fully saturated rings. The Balaban J connectivity index is 1.58. The molecule has 234 valence electrons. The maximum absolute atomic E-state index is 11.5. The molecule has 0 saturated carbocycles. The van der Waals surface area contributed by atoms with Crippen LogP contribution in [0.25, 0.3) is 44.5 Å². The Bertz CT molecular complexity index is 2100. The van der Waals surface area contributed by atoms with E-state index in [2.05, 4.69) is 110 Å². The maximum Gasteiger partial charge on any atom is 0.229 e. The average molecular weight is 610 g/mol. The summed E-state index contributed by atoms with van der Waals surface area (Å²) in [6.45, 7) is 19.5. The number of pyridine rings is 1. The van der Waals surface area contributed by atoms with Crippen molar-refractivity contribution >= 4 is 33.8 Å². The largest absolute Gasteiger partial charge is 0.507 e. The zero-order valence-corrected chi connectivity index (χ0v) is 28.4. The highest BCUT2D eigenvalue weighted by atomic mass is 16.3. The molecule has 0 bridgehead atoms. The Morgan fingerprint density at radius 2 is 1.46 bits per heavy atom. The molecule has 5 nitrogen and oxygen atoms in total. The number of benzene rings is 4. The lowest BCUT2D eigenvalue weighted by Gasteiger charge is -2.27. The molecule has 0 spiro atoms. The van der Waals surface area contributed by atoms with Gasteiger partial charge in [-0.15, -0.1) is 0 Å². The van der Waals surface area contributed by atoms with Gasteiger partial charge in [0.1, 0.15) is 11.3 Å². The van der Waals surface area contributed by atoms with Crippen LogP contribution in [0.1, 0.15) is 84.6 Å². The molecule has 4 aromatic carbocycles. The third-order valence-electron chi connectivity index (χ3n) is 8.61. The first-order valence-electron chi connectivity index (χ1n) is 15.9. The summed E-state index contributed by atoms with van der Waals surface area (Å²) >= 11 is 0. The van der Waals surface area contributed by atoms with Crippen molar-refractivity contribution in [3.63, 3.8) is 0 Å². The van der Waals surface area contributed by atoms with E-state index in [-0.39, 0.29) is 22.0 Å². The van der Waals surface area contributed by atoms with Crippen molar-refractivity contribution in [2.24, 2.45) is 4.99 Å². The molecular weight excluding hydrogens is 566 g/mol. The number of aromatic nitrogens is 2. The first kappa shape index (κ1) is 31.2. The molecular formula is C41H43N3O2. The standard InChI is InChI=1S/C41H43N3O2/c1-39(2,3)28-19-27(37(45)33(21-28)41(7,8)9)24-43-35-30-15-11-10-13-25(30)16-17-31(35)38-44-36-32(26-14-12-18-42-23-26)20-29(40(4,5)6)22-34(36)46-38/h10-24,45H,1-9H3. The summed E-state index contributed by atoms with van der Waals surface area (Å²) in [5, 5.41) is 13.5. The topological polar surface area (TPSA) is 71.5 Å². The Kier molecular flexibility index (Phi) is 7.63. The van der Waals surface area contributed by atoms with E-state index in [1.807, 2.05) is 36.5 Å². The van der Waals surface area contributed by atoms with E-state index in [9.17, 15) is 5.11 Å². The second-order valence-corrected chi connectivity index (χ2v) is 15.3. The van der Waals surface area contributed by atoms with Crippen LogP contribution < -0.4 is 0 Å². The summed E-state index contributed by atoms with van der Waals surface area (Å²) in [5.41, 5.74) is 8.43. The van der Waals surface area contributed by atoms with Crippen LogP contribution in [0, 0.1) is 0 Å². The van der Waals surface area contributed by atoms with Crippen LogP contribution in [0.2, 0.25) is 0 Å². The lowest BCUT2D eigenvalue weighted by Crippen LogP contribution is -2.17. The van der Waals surface area contributed by atoms with Crippen LogP contribution in [0.5, 0.6) is 5.75 Å². The summed E-state index contributed by atoms with van der Waals surface area (Å²) in [4.78, 5) is 14.6. The van der Waals surface area contributed by atoms with Gasteiger partial charge in [0.05, 0.1) is 11.3 Å². The summed E-state index contributed by atoms with van der Waals surface area (Å²) in [6.07, 6.45) is 5.43. The number of hydrogen-bond acceptors (Lipinski definition) is 5. The number of hydrogen-bond donors (Lipinski definition) is 1. The van der Waals surface area contributed by atoms with E-state index < -0.39 is 0 Å². The average Bonchev–Trinajstić information content (AvgIpc) is 3.43. The molecule has 1 N–H and O–H groups in total. The van der Waals surface area contributed by atoms with Crippen molar-refractivity contribution in [3.8, 4) is 28.3 Å². The van der Waals surface area contributed by atoms with Crippen LogP contribution >= 0.6 is 0 Å². The van der Waals surface area contributed by atoms with Gasteiger partial charge in [-0.05, 0) is 63.1 Å². The van der Waals surface area contributed by atoms with Crippen molar-refractivity contribution in [1.29, 1.82) is 0 Å². The van der Waals surface area contributed by atoms with Crippen LogP contribution in [0.4, 0.5) is 5.69 Å². The number of fused-ring (bicyclic) bond motifs is 2. The smallest absolute Gasteiger partial charge is 0.229 e. The number of aliphatic imine (C=N–C) groups is 1. The lowest BCUT2D eigenvalue weighted by molar-refractivity contribution is 0.444. The normalized spacial score (nSPS) is 12.9. The minimum atomic E-state index is -0.241. The monoisotopic (exact) mass is 609 g/mol. The van der Waals surface area contributed by atoms with Gasteiger partial charge in [-0.1, -0.05) is 105 Å². The van der Waals surface area contributed by atoms with Crippen molar-refractivity contribution < 1.29 is 9.52 Å². The second-order valence-electron chi connectivity index (χ2n) is 15.3. The van der Waals surface area contributed by atoms with Crippen LogP contribution in [-0.2, 0) is 16.2 Å². The molecule has 0 aliphatic carbocycles. The van der Waals surface area contributed by atoms with Crippen molar-refractivity contribution in [1.82, 2.24) is 9.97 Å². The van der Waals surface area contributed by atoms with Crippen LogP contribution in [0.3, 0.4) is 0 Å². The van der Waals surface area contributed by atoms with Gasteiger partial charge in [0.25, 0.3) is 0 Å². The SMILES string of the molecule is CC(C)(C)c1cc(C=Nc2c(-c3nc4c(-c5cccnc5)cc(C(C)(C)C)cc4o3)ccc3ccccc23)c(O)c(C(C)(C)C)c1. The van der Waals surface area contributed by atoms with Crippen LogP contribution in [-0.4, -0.2) is 21.3 Å². The predicted octanol–water partition coefficient (Wildman–Crippen LogP) is 11.1. The van der Waals surface area contributed by atoms with Gasteiger partial charge in [0.2, 0.25) is 5.89 Å². The molecule has 2 heterocycles. The molecule has 6 aromatic rings. The van der Waals surface area contributed by atoms with E-state index in [0.717, 1.165) is 60.9 Å². The fourth-order valence-corrected chi connectivity index (χ4v) is 5.78. The molecule has 46 heavy (non-hydrogen) atoms. The maximum atomic E-state index is 11.5. The molecule has 6 rings (SSSR count). The van der Waals surface area contributed by atoms with Gasteiger partial charge < -0.3 is 9.52 Å². The number of phenolic OH excluding ortho intramolecular Hbond substituents is 1. The molecule has 0 atom stereocenters. The van der Waals surface area contributed by atoms with E-state index >= 15 is 0 Å². The second kappa shape index (κ2) is 11.2. The van der Waals surface area contributed by atoms with Crippen molar-refractivity contribution in [2.45, 2.75) is 78.6 Å². The zero-order chi connectivity index (χ0) is 33.0. The Hall–Kier alpha value is -4.77. The van der Waals surface area contributed by atoms with Crippen molar-refractivity contribution in [3.05, 3.63) is 107 Å². The van der Waals surface area contributed by atoms with Gasteiger partial charge >= 0.3 is 0 Å². The number of rotatable bonds is 4. The van der Waals surface area contributed by atoms with Crippen LogP contribution in [0.15, 0.2) is 94.6 Å². The van der Waals surface area contributed by atoms with E-state index in [4.69, 9.17) is 14.4 Å². The summed E-state index contributed by atoms with van der Waals surface area (Å²) in [6, 6.07) is 24.8. The van der Waals surface area contributed by atoms with Crippen molar-refractivity contribution in [2.75, 3.05) is 0 Å². The highest BCUT2D eigenvalue weighted by molar-refractivity contribution is 6.03. The first-order chi connectivity index (χ1) is 21.6. The molecule has 0 aliphatic heterocycles. The highest BCUT2D eigenvalue weighted by Crippen LogP contribution is 2.42.